The molecule has 0 aromatic carbocycles. The summed E-state index contributed by atoms with van der Waals surface area (Å²) in [5, 5.41) is 8.59. The van der Waals surface area contributed by atoms with Gasteiger partial charge in [-0.3, -0.25) is 9.67 Å². The minimum absolute atomic E-state index is 0.244. The summed E-state index contributed by atoms with van der Waals surface area (Å²) < 4.78 is 7.37. The maximum absolute atomic E-state index is 5.63. The molecule has 0 amide bonds. The van der Waals surface area contributed by atoms with Gasteiger partial charge in [0.05, 0.1) is 23.1 Å². The van der Waals surface area contributed by atoms with Crippen LogP contribution >= 0.6 is 0 Å². The lowest BCUT2D eigenvalue weighted by Gasteiger charge is -2.32. The van der Waals surface area contributed by atoms with Crippen molar-refractivity contribution in [3.05, 3.63) is 60.4 Å². The monoisotopic (exact) mass is 389 g/mol. The summed E-state index contributed by atoms with van der Waals surface area (Å²) in [6, 6.07) is 6.02. The topological polar surface area (TPSA) is 109 Å². The molecule has 0 saturated heterocycles. The normalized spacial score (nSPS) is 13.6. The number of nitrogens with two attached hydrogens (primary N) is 1. The van der Waals surface area contributed by atoms with Crippen LogP contribution in [0.2, 0.25) is 0 Å². The molecule has 148 valence electrons. The molecule has 1 atom stereocenters. The number of aromatic nitrogens is 6. The van der Waals surface area contributed by atoms with Crippen LogP contribution in [0, 0.1) is 5.92 Å². The Morgan fingerprint density at radius 3 is 2.38 bits per heavy atom. The van der Waals surface area contributed by atoms with Gasteiger partial charge in [0.15, 0.2) is 5.76 Å². The summed E-state index contributed by atoms with van der Waals surface area (Å²) in [6.45, 7) is 6.49. The summed E-state index contributed by atoms with van der Waals surface area (Å²) in [7, 11) is 1.87. The quantitative estimate of drug-likeness (QED) is 0.556. The highest BCUT2D eigenvalue weighted by Crippen LogP contribution is 2.39. The molecule has 0 bridgehead atoms. The third-order valence-corrected chi connectivity index (χ3v) is 5.52. The van der Waals surface area contributed by atoms with Crippen LogP contribution in [-0.2, 0) is 12.5 Å². The second kappa shape index (κ2) is 7.12. The zero-order valence-corrected chi connectivity index (χ0v) is 16.9. The Morgan fingerprint density at radius 2 is 1.79 bits per heavy atom. The van der Waals surface area contributed by atoms with Crippen LogP contribution in [0.5, 0.6) is 0 Å². The van der Waals surface area contributed by atoms with E-state index in [-0.39, 0.29) is 17.3 Å². The SMILES string of the molecule is CC(C)[C@](C)(c1ccc(-c2cnc(N)nc2)nc1)c1cc(-c2cnn(C)c2)on1. The maximum Gasteiger partial charge on any atom is 0.219 e. The zero-order chi connectivity index (χ0) is 20.6. The summed E-state index contributed by atoms with van der Waals surface area (Å²) >= 11 is 0. The standard InChI is InChI=1S/C21H23N7O/c1-13(2)21(3,19-7-18(29-27-19)15-10-26-28(4)12-15)16-5-6-17(23-11-16)14-8-24-20(22)25-9-14/h5-13H,1-4H3,(H2,22,24,25)/t21-/m1/s1. The molecule has 4 aromatic rings. The lowest BCUT2D eigenvalue weighted by molar-refractivity contribution is 0.353. The highest BCUT2D eigenvalue weighted by molar-refractivity contribution is 5.59. The summed E-state index contributed by atoms with van der Waals surface area (Å²) in [4.78, 5) is 12.7. The van der Waals surface area contributed by atoms with Crippen molar-refractivity contribution < 1.29 is 4.52 Å². The molecule has 4 rings (SSSR count). The molecular weight excluding hydrogens is 366 g/mol. The Bertz CT molecular complexity index is 1110. The number of pyridine rings is 1. The summed E-state index contributed by atoms with van der Waals surface area (Å²) in [6.07, 6.45) is 8.89. The molecule has 0 fully saturated rings. The van der Waals surface area contributed by atoms with E-state index in [2.05, 4.69) is 52.0 Å². The Balaban J connectivity index is 1.70. The van der Waals surface area contributed by atoms with E-state index >= 15 is 0 Å². The molecule has 0 unspecified atom stereocenters. The Labute approximate surface area is 168 Å². The average Bonchev–Trinajstić information content (AvgIpc) is 3.37. The van der Waals surface area contributed by atoms with Gasteiger partial charge in [0.25, 0.3) is 0 Å². The number of hydrogen-bond donors (Lipinski definition) is 1. The van der Waals surface area contributed by atoms with E-state index in [9.17, 15) is 0 Å². The number of rotatable bonds is 5. The number of nitrogens with zero attached hydrogens (tertiary/aromatic N) is 6. The number of aryl methyl sites for hydroxylation is 1. The molecule has 4 heterocycles. The van der Waals surface area contributed by atoms with E-state index < -0.39 is 0 Å². The van der Waals surface area contributed by atoms with Gasteiger partial charge in [-0.1, -0.05) is 25.1 Å². The molecule has 0 aliphatic carbocycles. The molecular formula is C21H23N7O. The number of nitrogen functional groups attached to an aromatic ring is 1. The van der Waals surface area contributed by atoms with Gasteiger partial charge in [0, 0.05) is 48.9 Å². The van der Waals surface area contributed by atoms with Crippen LogP contribution in [0.1, 0.15) is 32.0 Å². The van der Waals surface area contributed by atoms with E-state index in [0.717, 1.165) is 28.1 Å². The van der Waals surface area contributed by atoms with Gasteiger partial charge in [-0.05, 0) is 24.5 Å². The first-order valence-electron chi connectivity index (χ1n) is 9.38. The van der Waals surface area contributed by atoms with Gasteiger partial charge in [-0.25, -0.2) is 9.97 Å². The predicted octanol–water partition coefficient (Wildman–Crippen LogP) is 3.47. The molecule has 2 N–H and O–H groups in total. The van der Waals surface area contributed by atoms with Gasteiger partial charge >= 0.3 is 0 Å². The van der Waals surface area contributed by atoms with Crippen LogP contribution in [0.15, 0.2) is 53.7 Å². The number of anilines is 1. The smallest absolute Gasteiger partial charge is 0.219 e. The van der Waals surface area contributed by atoms with E-state index in [1.165, 1.54) is 0 Å². The van der Waals surface area contributed by atoms with E-state index in [1.807, 2.05) is 31.6 Å². The second-order valence-corrected chi connectivity index (χ2v) is 7.60. The second-order valence-electron chi connectivity index (χ2n) is 7.60. The predicted molar refractivity (Wildman–Crippen MR) is 110 cm³/mol. The molecule has 0 aliphatic heterocycles. The van der Waals surface area contributed by atoms with Crippen molar-refractivity contribution in [1.29, 1.82) is 0 Å². The van der Waals surface area contributed by atoms with Crippen LogP contribution < -0.4 is 5.73 Å². The molecule has 0 saturated carbocycles. The van der Waals surface area contributed by atoms with Crippen molar-refractivity contribution in [3.8, 4) is 22.6 Å². The molecule has 0 spiro atoms. The minimum Gasteiger partial charge on any atom is -0.368 e. The fourth-order valence-electron chi connectivity index (χ4n) is 3.32. The van der Waals surface area contributed by atoms with Crippen LogP contribution in [0.3, 0.4) is 0 Å². The van der Waals surface area contributed by atoms with Crippen molar-refractivity contribution in [2.24, 2.45) is 13.0 Å². The van der Waals surface area contributed by atoms with Crippen molar-refractivity contribution >= 4 is 5.95 Å². The molecule has 8 nitrogen and oxygen atoms in total. The van der Waals surface area contributed by atoms with E-state index in [4.69, 9.17) is 10.3 Å². The zero-order valence-electron chi connectivity index (χ0n) is 16.9. The van der Waals surface area contributed by atoms with Gasteiger partial charge < -0.3 is 10.3 Å². The van der Waals surface area contributed by atoms with Gasteiger partial charge in [-0.2, -0.15) is 5.10 Å². The van der Waals surface area contributed by atoms with Gasteiger partial charge in [-0.15, -0.1) is 0 Å². The highest BCUT2D eigenvalue weighted by Gasteiger charge is 2.36. The summed E-state index contributed by atoms with van der Waals surface area (Å²) in [5.74, 6) is 1.21. The average molecular weight is 389 g/mol. The van der Waals surface area contributed by atoms with E-state index in [0.29, 0.717) is 5.76 Å². The first kappa shape index (κ1) is 18.8. The Morgan fingerprint density at radius 1 is 1.03 bits per heavy atom. The fourth-order valence-corrected chi connectivity index (χ4v) is 3.32. The lowest BCUT2D eigenvalue weighted by atomic mass is 9.71. The van der Waals surface area contributed by atoms with Crippen LogP contribution in [0.25, 0.3) is 22.6 Å². The van der Waals surface area contributed by atoms with Crippen LogP contribution in [0.4, 0.5) is 5.95 Å². The third-order valence-electron chi connectivity index (χ3n) is 5.52. The van der Waals surface area contributed by atoms with Crippen molar-refractivity contribution in [2.45, 2.75) is 26.2 Å². The Kier molecular flexibility index (Phi) is 4.62. The lowest BCUT2D eigenvalue weighted by Crippen LogP contribution is -2.30. The third kappa shape index (κ3) is 3.37. The van der Waals surface area contributed by atoms with Crippen molar-refractivity contribution in [1.82, 2.24) is 29.9 Å². The molecule has 0 aliphatic rings. The van der Waals surface area contributed by atoms with Crippen LogP contribution in [-0.4, -0.2) is 29.9 Å². The maximum atomic E-state index is 5.63. The molecule has 4 aromatic heterocycles. The molecule has 8 heteroatoms. The highest BCUT2D eigenvalue weighted by atomic mass is 16.5. The van der Waals surface area contributed by atoms with Gasteiger partial charge in [0.1, 0.15) is 0 Å². The molecule has 0 radical (unpaired) electrons. The first-order chi connectivity index (χ1) is 13.9. The summed E-state index contributed by atoms with van der Waals surface area (Å²) in [5.41, 5.74) is 9.61. The van der Waals surface area contributed by atoms with E-state index in [1.54, 1.807) is 23.3 Å². The number of hydrogen-bond acceptors (Lipinski definition) is 7. The Hall–Kier alpha value is -3.55. The first-order valence-corrected chi connectivity index (χ1v) is 9.38. The fraction of sp³-hybridized carbons (Fsp3) is 0.286. The van der Waals surface area contributed by atoms with Crippen molar-refractivity contribution in [2.75, 3.05) is 5.73 Å². The minimum atomic E-state index is -0.368. The van der Waals surface area contributed by atoms with Crippen molar-refractivity contribution in [3.63, 3.8) is 0 Å². The van der Waals surface area contributed by atoms with Gasteiger partial charge in [0.2, 0.25) is 5.95 Å². The largest absolute Gasteiger partial charge is 0.368 e. The molecule has 29 heavy (non-hydrogen) atoms.